The summed E-state index contributed by atoms with van der Waals surface area (Å²) >= 11 is 0. The molecule has 94 valence electrons. The van der Waals surface area contributed by atoms with Gasteiger partial charge in [0.15, 0.2) is 0 Å². The van der Waals surface area contributed by atoms with Crippen LogP contribution in [-0.2, 0) is 0 Å². The molecule has 2 N–H and O–H groups in total. The van der Waals surface area contributed by atoms with Crippen LogP contribution in [0.3, 0.4) is 0 Å². The number of nitrogens with zero attached hydrogens (tertiary/aromatic N) is 2. The van der Waals surface area contributed by atoms with E-state index in [1.807, 2.05) is 6.07 Å². The lowest BCUT2D eigenvalue weighted by atomic mass is 10.0. The van der Waals surface area contributed by atoms with Crippen LogP contribution in [0, 0.1) is 0 Å². The molecular formula is C12H20N4O. The van der Waals surface area contributed by atoms with Crippen molar-refractivity contribution in [3.63, 3.8) is 0 Å². The largest absolute Gasteiger partial charge is 0.478 e. The fraction of sp³-hybridized carbons (Fsp3) is 0.667. The van der Waals surface area contributed by atoms with Crippen molar-refractivity contribution in [2.75, 3.05) is 25.0 Å². The van der Waals surface area contributed by atoms with Gasteiger partial charge in [0, 0.05) is 18.2 Å². The number of anilines is 1. The number of nitrogens with one attached hydrogen (secondary N) is 2. The number of hydrogen-bond acceptors (Lipinski definition) is 5. The number of ether oxygens (including phenoxy) is 1. The third kappa shape index (κ3) is 3.30. The Kier molecular flexibility index (Phi) is 3.78. The van der Waals surface area contributed by atoms with Gasteiger partial charge in [-0.05, 0) is 26.3 Å². The summed E-state index contributed by atoms with van der Waals surface area (Å²) in [5.74, 6) is 1.47. The first-order chi connectivity index (χ1) is 8.22. The molecule has 0 amide bonds. The van der Waals surface area contributed by atoms with Crippen LogP contribution in [0.4, 0.5) is 5.82 Å². The molecule has 5 nitrogen and oxygen atoms in total. The predicted molar refractivity (Wildman–Crippen MR) is 67.3 cm³/mol. The zero-order chi connectivity index (χ0) is 12.1. The van der Waals surface area contributed by atoms with E-state index >= 15 is 0 Å². The lowest BCUT2D eigenvalue weighted by Crippen LogP contribution is -2.37. The molecule has 1 fully saturated rings. The smallest absolute Gasteiger partial charge is 0.218 e. The standard InChI is InChI=1S/C12H20N4O/c1-3-6-17-11-7-10(14-9-15-11)16-12(2)4-5-13-8-12/h7,9,13H,3-6,8H2,1-2H3,(H,14,15,16). The molecule has 1 saturated heterocycles. The quantitative estimate of drug-likeness (QED) is 0.810. The Labute approximate surface area is 102 Å². The topological polar surface area (TPSA) is 59.1 Å². The molecule has 0 aliphatic carbocycles. The van der Waals surface area contributed by atoms with Gasteiger partial charge in [0.1, 0.15) is 12.1 Å². The van der Waals surface area contributed by atoms with E-state index in [9.17, 15) is 0 Å². The molecule has 0 bridgehead atoms. The number of aromatic nitrogens is 2. The minimum Gasteiger partial charge on any atom is -0.478 e. The maximum absolute atomic E-state index is 5.49. The van der Waals surface area contributed by atoms with Crippen molar-refractivity contribution in [1.82, 2.24) is 15.3 Å². The summed E-state index contributed by atoms with van der Waals surface area (Å²) < 4.78 is 5.49. The Hall–Kier alpha value is -1.36. The second-order valence-electron chi connectivity index (χ2n) is 4.70. The molecule has 0 saturated carbocycles. The lowest BCUT2D eigenvalue weighted by Gasteiger charge is -2.25. The van der Waals surface area contributed by atoms with Crippen molar-refractivity contribution in [2.24, 2.45) is 0 Å². The lowest BCUT2D eigenvalue weighted by molar-refractivity contribution is 0.305. The average molecular weight is 236 g/mol. The second-order valence-corrected chi connectivity index (χ2v) is 4.70. The highest BCUT2D eigenvalue weighted by atomic mass is 16.5. The van der Waals surface area contributed by atoms with Gasteiger partial charge < -0.3 is 15.4 Å². The molecule has 17 heavy (non-hydrogen) atoms. The molecule has 1 aromatic heterocycles. The Bertz CT molecular complexity index is 363. The Morgan fingerprint density at radius 2 is 2.41 bits per heavy atom. The summed E-state index contributed by atoms with van der Waals surface area (Å²) in [5, 5.41) is 6.79. The number of hydrogen-bond donors (Lipinski definition) is 2. The fourth-order valence-corrected chi connectivity index (χ4v) is 1.93. The molecule has 2 rings (SSSR count). The van der Waals surface area contributed by atoms with Gasteiger partial charge in [-0.15, -0.1) is 0 Å². The SMILES string of the molecule is CCCOc1cc(NC2(C)CCNC2)ncn1. The Balaban J connectivity index is 2.00. The first-order valence-electron chi connectivity index (χ1n) is 6.16. The van der Waals surface area contributed by atoms with Gasteiger partial charge in [-0.1, -0.05) is 6.92 Å². The molecule has 5 heteroatoms. The van der Waals surface area contributed by atoms with Crippen molar-refractivity contribution in [3.8, 4) is 5.88 Å². The normalized spacial score (nSPS) is 23.6. The zero-order valence-electron chi connectivity index (χ0n) is 10.5. The Morgan fingerprint density at radius 3 is 3.12 bits per heavy atom. The van der Waals surface area contributed by atoms with E-state index < -0.39 is 0 Å². The summed E-state index contributed by atoms with van der Waals surface area (Å²) in [6.07, 6.45) is 3.62. The maximum atomic E-state index is 5.49. The highest BCUT2D eigenvalue weighted by molar-refractivity contribution is 5.40. The second kappa shape index (κ2) is 5.31. The molecular weight excluding hydrogens is 216 g/mol. The summed E-state index contributed by atoms with van der Waals surface area (Å²) in [7, 11) is 0. The molecule has 1 atom stereocenters. The minimum absolute atomic E-state index is 0.0797. The van der Waals surface area contributed by atoms with Crippen LogP contribution in [0.25, 0.3) is 0 Å². The average Bonchev–Trinajstić information content (AvgIpc) is 2.73. The highest BCUT2D eigenvalue weighted by Crippen LogP contribution is 2.21. The molecule has 1 unspecified atom stereocenters. The van der Waals surface area contributed by atoms with Crippen molar-refractivity contribution < 1.29 is 4.74 Å². The zero-order valence-corrected chi connectivity index (χ0v) is 10.5. The summed E-state index contributed by atoms with van der Waals surface area (Å²) in [6, 6.07) is 1.86. The van der Waals surface area contributed by atoms with Gasteiger partial charge in [-0.2, -0.15) is 0 Å². The maximum Gasteiger partial charge on any atom is 0.218 e. The molecule has 1 aromatic rings. The van der Waals surface area contributed by atoms with Gasteiger partial charge in [-0.25, -0.2) is 9.97 Å². The van der Waals surface area contributed by atoms with E-state index in [-0.39, 0.29) is 5.54 Å². The van der Waals surface area contributed by atoms with E-state index in [1.54, 1.807) is 6.33 Å². The van der Waals surface area contributed by atoms with Gasteiger partial charge in [0.05, 0.1) is 6.61 Å². The molecule has 0 spiro atoms. The highest BCUT2D eigenvalue weighted by Gasteiger charge is 2.28. The van der Waals surface area contributed by atoms with E-state index in [0.29, 0.717) is 12.5 Å². The van der Waals surface area contributed by atoms with Crippen LogP contribution < -0.4 is 15.4 Å². The van der Waals surface area contributed by atoms with Crippen LogP contribution in [0.1, 0.15) is 26.7 Å². The van der Waals surface area contributed by atoms with Crippen molar-refractivity contribution in [1.29, 1.82) is 0 Å². The van der Waals surface area contributed by atoms with Crippen LogP contribution >= 0.6 is 0 Å². The molecule has 0 radical (unpaired) electrons. The Morgan fingerprint density at radius 1 is 1.53 bits per heavy atom. The molecule has 1 aliphatic rings. The molecule has 2 heterocycles. The first kappa shape index (κ1) is 12.1. The third-order valence-electron chi connectivity index (χ3n) is 2.89. The van der Waals surface area contributed by atoms with E-state index in [1.165, 1.54) is 0 Å². The van der Waals surface area contributed by atoms with Crippen molar-refractivity contribution in [3.05, 3.63) is 12.4 Å². The van der Waals surface area contributed by atoms with Gasteiger partial charge in [0.2, 0.25) is 5.88 Å². The van der Waals surface area contributed by atoms with Crippen molar-refractivity contribution in [2.45, 2.75) is 32.2 Å². The van der Waals surface area contributed by atoms with E-state index in [4.69, 9.17) is 4.74 Å². The third-order valence-corrected chi connectivity index (χ3v) is 2.89. The van der Waals surface area contributed by atoms with Crippen LogP contribution in [0.15, 0.2) is 12.4 Å². The van der Waals surface area contributed by atoms with Crippen LogP contribution in [0.2, 0.25) is 0 Å². The molecule has 1 aliphatic heterocycles. The summed E-state index contributed by atoms with van der Waals surface area (Å²) in [6.45, 7) is 6.97. The van der Waals surface area contributed by atoms with Gasteiger partial charge >= 0.3 is 0 Å². The minimum atomic E-state index is 0.0797. The van der Waals surface area contributed by atoms with Crippen LogP contribution in [-0.4, -0.2) is 35.2 Å². The fourth-order valence-electron chi connectivity index (χ4n) is 1.93. The van der Waals surface area contributed by atoms with E-state index in [0.717, 1.165) is 31.7 Å². The predicted octanol–water partition coefficient (Wildman–Crippen LogP) is 1.43. The first-order valence-corrected chi connectivity index (χ1v) is 6.16. The van der Waals surface area contributed by atoms with Crippen molar-refractivity contribution >= 4 is 5.82 Å². The van der Waals surface area contributed by atoms with Gasteiger partial charge in [-0.3, -0.25) is 0 Å². The monoisotopic (exact) mass is 236 g/mol. The molecule has 0 aromatic carbocycles. The van der Waals surface area contributed by atoms with E-state index in [2.05, 4.69) is 34.4 Å². The summed E-state index contributed by atoms with van der Waals surface area (Å²) in [5.41, 5.74) is 0.0797. The van der Waals surface area contributed by atoms with Gasteiger partial charge in [0.25, 0.3) is 0 Å². The summed E-state index contributed by atoms with van der Waals surface area (Å²) in [4.78, 5) is 8.31. The van der Waals surface area contributed by atoms with Crippen LogP contribution in [0.5, 0.6) is 5.88 Å². The number of rotatable bonds is 5.